The summed E-state index contributed by atoms with van der Waals surface area (Å²) in [5, 5.41) is 2.30. The Bertz CT molecular complexity index is 1220. The zero-order valence-electron chi connectivity index (χ0n) is 17.4. The molecule has 2 aromatic heterocycles. The fraction of sp³-hybridized carbons (Fsp3) is 0.227. The standard InChI is InChI=1S/C22H21N3O6S2/c26-19(17-8-4-14-31-17)23-20(33(29,30)16-6-2-1-3-7-16)22(28)25-12-10-24(11-13-25)21(27)18-9-5-15-32-18/h1-9,14-15,20H,10-13H2,(H,23,26). The number of carbonyl (C=O) groups is 3. The first-order chi connectivity index (χ1) is 15.9. The highest BCUT2D eigenvalue weighted by molar-refractivity contribution is 7.92. The van der Waals surface area contributed by atoms with Gasteiger partial charge in [-0.2, -0.15) is 0 Å². The summed E-state index contributed by atoms with van der Waals surface area (Å²) in [5.41, 5.74) is 0. The molecule has 1 unspecified atom stereocenters. The van der Waals surface area contributed by atoms with Crippen molar-refractivity contribution in [3.8, 4) is 0 Å². The maximum Gasteiger partial charge on any atom is 0.288 e. The van der Waals surface area contributed by atoms with Crippen LogP contribution in [-0.2, 0) is 14.6 Å². The van der Waals surface area contributed by atoms with Gasteiger partial charge in [-0.1, -0.05) is 24.3 Å². The molecule has 1 aliphatic rings. The van der Waals surface area contributed by atoms with Crippen LogP contribution in [-0.4, -0.2) is 67.5 Å². The molecule has 0 spiro atoms. The molecule has 3 amide bonds. The third-order valence-corrected chi connectivity index (χ3v) is 7.95. The molecule has 0 bridgehead atoms. The van der Waals surface area contributed by atoms with Crippen molar-refractivity contribution in [1.82, 2.24) is 15.1 Å². The molecule has 0 aliphatic carbocycles. The second kappa shape index (κ2) is 9.59. The van der Waals surface area contributed by atoms with Crippen molar-refractivity contribution < 1.29 is 27.2 Å². The number of rotatable bonds is 6. The lowest BCUT2D eigenvalue weighted by atomic mass is 10.3. The van der Waals surface area contributed by atoms with E-state index in [9.17, 15) is 22.8 Å². The number of carbonyl (C=O) groups excluding carboxylic acids is 3. The molecule has 172 valence electrons. The van der Waals surface area contributed by atoms with Gasteiger partial charge in [-0.3, -0.25) is 14.4 Å². The summed E-state index contributed by atoms with van der Waals surface area (Å²) < 4.78 is 31.6. The van der Waals surface area contributed by atoms with Gasteiger partial charge >= 0.3 is 0 Å². The normalized spacial score (nSPS) is 15.2. The number of sulfone groups is 1. The van der Waals surface area contributed by atoms with Crippen LogP contribution >= 0.6 is 11.3 Å². The molecule has 3 heterocycles. The van der Waals surface area contributed by atoms with E-state index in [0.717, 1.165) is 0 Å². The van der Waals surface area contributed by atoms with Crippen LogP contribution in [0.25, 0.3) is 0 Å². The Hall–Kier alpha value is -3.44. The van der Waals surface area contributed by atoms with Crippen LogP contribution in [0, 0.1) is 0 Å². The van der Waals surface area contributed by atoms with Gasteiger partial charge in [-0.05, 0) is 35.7 Å². The summed E-state index contributed by atoms with van der Waals surface area (Å²) >= 11 is 1.34. The van der Waals surface area contributed by atoms with Crippen LogP contribution < -0.4 is 5.32 Å². The van der Waals surface area contributed by atoms with Crippen LogP contribution in [0.3, 0.4) is 0 Å². The van der Waals surface area contributed by atoms with E-state index >= 15 is 0 Å². The number of piperazine rings is 1. The van der Waals surface area contributed by atoms with E-state index in [1.807, 2.05) is 5.38 Å². The van der Waals surface area contributed by atoms with Crippen molar-refractivity contribution in [3.63, 3.8) is 0 Å². The van der Waals surface area contributed by atoms with E-state index in [1.54, 1.807) is 23.1 Å². The van der Waals surface area contributed by atoms with Gasteiger partial charge in [0.2, 0.25) is 15.2 Å². The van der Waals surface area contributed by atoms with Crippen molar-refractivity contribution in [1.29, 1.82) is 0 Å². The monoisotopic (exact) mass is 487 g/mol. The van der Waals surface area contributed by atoms with Crippen LogP contribution in [0.5, 0.6) is 0 Å². The Labute approximate surface area is 194 Å². The molecule has 1 fully saturated rings. The number of hydrogen-bond donors (Lipinski definition) is 1. The molecule has 33 heavy (non-hydrogen) atoms. The number of amides is 3. The number of thiophene rings is 1. The minimum absolute atomic E-state index is 0.0883. The highest BCUT2D eigenvalue weighted by atomic mass is 32.2. The zero-order chi connectivity index (χ0) is 23.4. The van der Waals surface area contributed by atoms with Gasteiger partial charge in [-0.25, -0.2) is 8.42 Å². The summed E-state index contributed by atoms with van der Waals surface area (Å²) in [4.78, 5) is 41.9. The Morgan fingerprint density at radius 3 is 2.21 bits per heavy atom. The van der Waals surface area contributed by atoms with Crippen LogP contribution in [0.1, 0.15) is 20.2 Å². The van der Waals surface area contributed by atoms with Gasteiger partial charge in [-0.15, -0.1) is 11.3 Å². The van der Waals surface area contributed by atoms with Crippen molar-refractivity contribution in [2.75, 3.05) is 26.2 Å². The van der Waals surface area contributed by atoms with E-state index in [4.69, 9.17) is 4.42 Å². The zero-order valence-corrected chi connectivity index (χ0v) is 19.1. The largest absolute Gasteiger partial charge is 0.459 e. The molecule has 1 saturated heterocycles. The summed E-state index contributed by atoms with van der Waals surface area (Å²) in [6, 6.07) is 13.9. The quantitative estimate of drug-likeness (QED) is 0.567. The number of nitrogens with zero attached hydrogens (tertiary/aromatic N) is 2. The van der Waals surface area contributed by atoms with Gasteiger partial charge in [0.1, 0.15) is 0 Å². The molecular formula is C22H21N3O6S2. The smallest absolute Gasteiger partial charge is 0.288 e. The summed E-state index contributed by atoms with van der Waals surface area (Å²) in [7, 11) is -4.24. The SMILES string of the molecule is O=C(NC(C(=O)N1CCN(C(=O)c2cccs2)CC1)S(=O)(=O)c1ccccc1)c1ccco1. The minimum atomic E-state index is -4.24. The summed E-state index contributed by atoms with van der Waals surface area (Å²) in [5.74, 6) is -1.81. The first kappa shape index (κ1) is 22.7. The van der Waals surface area contributed by atoms with E-state index in [1.165, 1.54) is 58.9 Å². The van der Waals surface area contributed by atoms with Crippen molar-refractivity contribution in [2.45, 2.75) is 10.3 Å². The predicted molar refractivity (Wildman–Crippen MR) is 120 cm³/mol. The van der Waals surface area contributed by atoms with Gasteiger partial charge in [0.15, 0.2) is 5.76 Å². The van der Waals surface area contributed by atoms with E-state index in [0.29, 0.717) is 4.88 Å². The Morgan fingerprint density at radius 2 is 1.61 bits per heavy atom. The molecule has 3 aromatic rings. The van der Waals surface area contributed by atoms with Gasteiger partial charge < -0.3 is 19.5 Å². The van der Waals surface area contributed by atoms with Crippen LogP contribution in [0.15, 0.2) is 75.6 Å². The molecule has 0 saturated carbocycles. The second-order valence-electron chi connectivity index (χ2n) is 7.28. The molecule has 9 nitrogen and oxygen atoms in total. The first-order valence-electron chi connectivity index (χ1n) is 10.1. The molecule has 4 rings (SSSR count). The lowest BCUT2D eigenvalue weighted by Gasteiger charge is -2.36. The number of hydrogen-bond acceptors (Lipinski definition) is 7. The maximum atomic E-state index is 13.3. The lowest BCUT2D eigenvalue weighted by Crippen LogP contribution is -2.57. The lowest BCUT2D eigenvalue weighted by molar-refractivity contribution is -0.132. The highest BCUT2D eigenvalue weighted by Crippen LogP contribution is 2.19. The average Bonchev–Trinajstić information content (AvgIpc) is 3.57. The number of benzene rings is 1. The molecular weight excluding hydrogens is 466 g/mol. The molecule has 1 N–H and O–H groups in total. The Balaban J connectivity index is 1.53. The predicted octanol–water partition coefficient (Wildman–Crippen LogP) is 1.86. The molecule has 11 heteroatoms. The fourth-order valence-electron chi connectivity index (χ4n) is 3.47. The molecule has 1 aromatic carbocycles. The van der Waals surface area contributed by atoms with Gasteiger partial charge in [0.05, 0.1) is 16.0 Å². The Kier molecular flexibility index (Phi) is 6.61. The minimum Gasteiger partial charge on any atom is -0.459 e. The van der Waals surface area contributed by atoms with E-state index < -0.39 is 27.0 Å². The van der Waals surface area contributed by atoms with Crippen LogP contribution in [0.4, 0.5) is 0 Å². The summed E-state index contributed by atoms with van der Waals surface area (Å²) in [6.07, 6.45) is 1.28. The summed E-state index contributed by atoms with van der Waals surface area (Å²) in [6.45, 7) is 0.806. The van der Waals surface area contributed by atoms with Crippen molar-refractivity contribution in [3.05, 3.63) is 76.9 Å². The number of furan rings is 1. The molecule has 0 radical (unpaired) electrons. The van der Waals surface area contributed by atoms with E-state index in [2.05, 4.69) is 5.32 Å². The maximum absolute atomic E-state index is 13.3. The molecule has 1 aliphatic heterocycles. The highest BCUT2D eigenvalue weighted by Gasteiger charge is 2.40. The topological polar surface area (TPSA) is 117 Å². The molecule has 1 atom stereocenters. The average molecular weight is 488 g/mol. The van der Waals surface area contributed by atoms with Crippen molar-refractivity contribution in [2.24, 2.45) is 0 Å². The van der Waals surface area contributed by atoms with Crippen molar-refractivity contribution >= 4 is 38.9 Å². The fourth-order valence-corrected chi connectivity index (χ4v) is 5.64. The first-order valence-corrected chi connectivity index (χ1v) is 12.6. The van der Waals surface area contributed by atoms with E-state index in [-0.39, 0.29) is 42.7 Å². The van der Waals surface area contributed by atoms with Crippen LogP contribution in [0.2, 0.25) is 0 Å². The van der Waals surface area contributed by atoms with Gasteiger partial charge in [0, 0.05) is 26.2 Å². The number of nitrogens with one attached hydrogen (secondary N) is 1. The Morgan fingerprint density at radius 1 is 0.909 bits per heavy atom. The second-order valence-corrected chi connectivity index (χ2v) is 10.3. The van der Waals surface area contributed by atoms with Gasteiger partial charge in [0.25, 0.3) is 17.7 Å². The third-order valence-electron chi connectivity index (χ3n) is 5.22. The third kappa shape index (κ3) is 4.83.